The molecule has 2 rings (SSSR count). The average Bonchev–Trinajstić information content (AvgIpc) is 2.65. The molecule has 1 aliphatic heterocycles. The molecule has 0 radical (unpaired) electrons. The molecule has 0 unspecified atom stereocenters. The normalized spacial score (nSPS) is 17.2. The Hall–Kier alpha value is -1.53. The lowest BCUT2D eigenvalue weighted by atomic mass is 10.1. The summed E-state index contributed by atoms with van der Waals surface area (Å²) in [5, 5.41) is 9.17. The summed E-state index contributed by atoms with van der Waals surface area (Å²) in [6.45, 7) is 7.78. The number of para-hydroxylation sites is 1. The van der Waals surface area contributed by atoms with Gasteiger partial charge in [-0.15, -0.1) is 0 Å². The van der Waals surface area contributed by atoms with Gasteiger partial charge in [-0.2, -0.15) is 5.26 Å². The second-order valence-corrected chi connectivity index (χ2v) is 4.81. The zero-order chi connectivity index (χ0) is 12.8. The lowest BCUT2D eigenvalue weighted by Gasteiger charge is -2.24. The summed E-state index contributed by atoms with van der Waals surface area (Å²) in [6.07, 6.45) is 2.40. The fraction of sp³-hybridized carbons (Fsp3) is 0.533. The van der Waals surface area contributed by atoms with Crippen molar-refractivity contribution < 1.29 is 0 Å². The van der Waals surface area contributed by atoms with Crippen LogP contribution in [0.2, 0.25) is 0 Å². The molecule has 0 spiro atoms. The van der Waals surface area contributed by atoms with Crippen molar-refractivity contribution in [2.24, 2.45) is 0 Å². The first kappa shape index (κ1) is 12.9. The van der Waals surface area contributed by atoms with Gasteiger partial charge in [-0.1, -0.05) is 19.1 Å². The molecule has 0 bridgehead atoms. The minimum absolute atomic E-state index is 0.793. The van der Waals surface area contributed by atoms with E-state index in [1.54, 1.807) is 0 Å². The molecule has 1 aromatic carbocycles. The Kier molecular flexibility index (Phi) is 4.60. The van der Waals surface area contributed by atoms with Crippen LogP contribution < -0.4 is 4.90 Å². The van der Waals surface area contributed by atoms with E-state index in [4.69, 9.17) is 5.26 Å². The van der Waals surface area contributed by atoms with Crippen LogP contribution in [0.25, 0.3) is 0 Å². The van der Waals surface area contributed by atoms with Crippen molar-refractivity contribution in [2.45, 2.75) is 19.8 Å². The average molecular weight is 243 g/mol. The predicted molar refractivity (Wildman–Crippen MR) is 74.7 cm³/mol. The number of hydrogen-bond acceptors (Lipinski definition) is 3. The second kappa shape index (κ2) is 6.42. The van der Waals surface area contributed by atoms with Crippen LogP contribution in [0.3, 0.4) is 0 Å². The zero-order valence-corrected chi connectivity index (χ0v) is 11.1. The van der Waals surface area contributed by atoms with E-state index in [-0.39, 0.29) is 0 Å². The van der Waals surface area contributed by atoms with Crippen molar-refractivity contribution >= 4 is 5.69 Å². The largest absolute Gasteiger partial charge is 0.369 e. The van der Waals surface area contributed by atoms with Crippen LogP contribution in [-0.2, 0) is 0 Å². The lowest BCUT2D eigenvalue weighted by Crippen LogP contribution is -2.31. The first-order chi connectivity index (χ1) is 8.85. The van der Waals surface area contributed by atoms with Gasteiger partial charge in [-0.05, 0) is 38.1 Å². The fourth-order valence-corrected chi connectivity index (χ4v) is 2.60. The summed E-state index contributed by atoms with van der Waals surface area (Å²) in [5.74, 6) is 0. The van der Waals surface area contributed by atoms with E-state index in [9.17, 15) is 0 Å². The van der Waals surface area contributed by atoms with Crippen molar-refractivity contribution in [3.05, 3.63) is 29.8 Å². The van der Waals surface area contributed by atoms with E-state index in [2.05, 4.69) is 28.9 Å². The second-order valence-electron chi connectivity index (χ2n) is 4.81. The third-order valence-corrected chi connectivity index (χ3v) is 3.49. The van der Waals surface area contributed by atoms with E-state index in [0.29, 0.717) is 0 Å². The number of nitrogens with zero attached hydrogens (tertiary/aromatic N) is 3. The van der Waals surface area contributed by atoms with Crippen LogP contribution in [0.4, 0.5) is 5.69 Å². The summed E-state index contributed by atoms with van der Waals surface area (Å²) in [5.41, 5.74) is 1.89. The summed E-state index contributed by atoms with van der Waals surface area (Å²) >= 11 is 0. The molecular weight excluding hydrogens is 222 g/mol. The van der Waals surface area contributed by atoms with Crippen LogP contribution >= 0.6 is 0 Å². The lowest BCUT2D eigenvalue weighted by molar-refractivity contribution is 0.294. The summed E-state index contributed by atoms with van der Waals surface area (Å²) in [4.78, 5) is 4.88. The van der Waals surface area contributed by atoms with E-state index in [1.165, 1.54) is 25.9 Å². The van der Waals surface area contributed by atoms with Gasteiger partial charge in [0.05, 0.1) is 11.3 Å². The van der Waals surface area contributed by atoms with Crippen LogP contribution in [-0.4, -0.2) is 37.6 Å². The predicted octanol–water partition coefficient (Wildman–Crippen LogP) is 2.48. The van der Waals surface area contributed by atoms with Crippen LogP contribution in [0.5, 0.6) is 0 Å². The third kappa shape index (κ3) is 3.02. The Morgan fingerprint density at radius 2 is 2.00 bits per heavy atom. The highest BCUT2D eigenvalue weighted by Crippen LogP contribution is 2.21. The Balaban J connectivity index is 2.08. The molecule has 1 fully saturated rings. The van der Waals surface area contributed by atoms with Crippen molar-refractivity contribution in [1.82, 2.24) is 4.90 Å². The molecule has 96 valence electrons. The first-order valence-electron chi connectivity index (χ1n) is 6.81. The van der Waals surface area contributed by atoms with Crippen molar-refractivity contribution in [1.29, 1.82) is 5.26 Å². The minimum Gasteiger partial charge on any atom is -0.369 e. The minimum atomic E-state index is 0.793. The molecule has 3 nitrogen and oxygen atoms in total. The molecule has 0 saturated carbocycles. The van der Waals surface area contributed by atoms with Crippen molar-refractivity contribution in [2.75, 3.05) is 37.6 Å². The van der Waals surface area contributed by atoms with Gasteiger partial charge >= 0.3 is 0 Å². The van der Waals surface area contributed by atoms with Gasteiger partial charge in [0.2, 0.25) is 0 Å². The van der Waals surface area contributed by atoms with Gasteiger partial charge in [-0.3, -0.25) is 0 Å². The summed E-state index contributed by atoms with van der Waals surface area (Å²) < 4.78 is 0. The molecule has 0 aromatic heterocycles. The van der Waals surface area contributed by atoms with Crippen molar-refractivity contribution in [3.8, 4) is 6.07 Å². The Labute approximate surface area is 110 Å². The SMILES string of the molecule is CCCN1CCCN(c2ccccc2C#N)CC1. The maximum Gasteiger partial charge on any atom is 0.101 e. The highest BCUT2D eigenvalue weighted by atomic mass is 15.2. The quantitative estimate of drug-likeness (QED) is 0.817. The topological polar surface area (TPSA) is 30.3 Å². The molecule has 0 N–H and O–H groups in total. The van der Waals surface area contributed by atoms with Gasteiger partial charge in [0.1, 0.15) is 6.07 Å². The monoisotopic (exact) mass is 243 g/mol. The molecule has 0 amide bonds. The van der Waals surface area contributed by atoms with Crippen LogP contribution in [0.15, 0.2) is 24.3 Å². The van der Waals surface area contributed by atoms with Gasteiger partial charge in [0.15, 0.2) is 0 Å². The Morgan fingerprint density at radius 1 is 1.17 bits per heavy atom. The fourth-order valence-electron chi connectivity index (χ4n) is 2.60. The summed E-state index contributed by atoms with van der Waals surface area (Å²) in [6, 6.07) is 10.2. The first-order valence-corrected chi connectivity index (χ1v) is 6.81. The molecular formula is C15H21N3. The molecule has 1 aliphatic rings. The number of benzene rings is 1. The smallest absolute Gasteiger partial charge is 0.101 e. The van der Waals surface area contributed by atoms with Crippen LogP contribution in [0.1, 0.15) is 25.3 Å². The molecule has 1 heterocycles. The highest BCUT2D eigenvalue weighted by Gasteiger charge is 2.16. The molecule has 18 heavy (non-hydrogen) atoms. The van der Waals surface area contributed by atoms with Gasteiger partial charge in [0, 0.05) is 19.6 Å². The maximum absolute atomic E-state index is 9.17. The Bertz CT molecular complexity index is 422. The number of hydrogen-bond donors (Lipinski definition) is 0. The van der Waals surface area contributed by atoms with E-state index < -0.39 is 0 Å². The highest BCUT2D eigenvalue weighted by molar-refractivity contribution is 5.59. The molecule has 0 atom stereocenters. The maximum atomic E-state index is 9.17. The standard InChI is InChI=1S/C15H21N3/c1-2-8-17-9-5-10-18(12-11-17)15-7-4-3-6-14(15)13-16/h3-4,6-7H,2,5,8-12H2,1H3. The molecule has 1 aromatic rings. The number of rotatable bonds is 3. The molecule has 3 heteroatoms. The van der Waals surface area contributed by atoms with Crippen molar-refractivity contribution in [3.63, 3.8) is 0 Å². The molecule has 1 saturated heterocycles. The zero-order valence-electron chi connectivity index (χ0n) is 11.1. The van der Waals surface area contributed by atoms with E-state index >= 15 is 0 Å². The number of nitriles is 1. The van der Waals surface area contributed by atoms with Gasteiger partial charge in [0.25, 0.3) is 0 Å². The number of anilines is 1. The third-order valence-electron chi connectivity index (χ3n) is 3.49. The Morgan fingerprint density at radius 3 is 2.78 bits per heavy atom. The van der Waals surface area contributed by atoms with Gasteiger partial charge in [-0.25, -0.2) is 0 Å². The van der Waals surface area contributed by atoms with E-state index in [1.807, 2.05) is 18.2 Å². The van der Waals surface area contributed by atoms with Gasteiger partial charge < -0.3 is 9.80 Å². The van der Waals surface area contributed by atoms with Crippen LogP contribution in [0, 0.1) is 11.3 Å². The molecule has 0 aliphatic carbocycles. The summed E-state index contributed by atoms with van der Waals surface area (Å²) in [7, 11) is 0. The van der Waals surface area contributed by atoms with E-state index in [0.717, 1.165) is 30.9 Å².